The molecule has 2 aromatic rings. The van der Waals surface area contributed by atoms with E-state index < -0.39 is 24.0 Å². The number of benzene rings is 1. The number of rotatable bonds is 3. The molecule has 0 radical (unpaired) electrons. The van der Waals surface area contributed by atoms with E-state index in [-0.39, 0.29) is 11.6 Å². The first-order chi connectivity index (χ1) is 10.1. The van der Waals surface area contributed by atoms with Crippen molar-refractivity contribution in [2.75, 3.05) is 0 Å². The molecule has 0 fully saturated rings. The Morgan fingerprint density at radius 3 is 1.91 bits per heavy atom. The maximum Gasteiger partial charge on any atom is 0.573 e. The Bertz CT molecular complexity index is 636. The van der Waals surface area contributed by atoms with Crippen molar-refractivity contribution in [3.8, 4) is 17.4 Å². The third kappa shape index (κ3) is 4.54. The number of hydrogen-bond donors (Lipinski definition) is 0. The highest BCUT2D eigenvalue weighted by molar-refractivity contribution is 5.34. The topological polar surface area (TPSA) is 31.4 Å². The molecule has 1 heterocycles. The summed E-state index contributed by atoms with van der Waals surface area (Å²) in [5, 5.41) is 0. The predicted octanol–water partition coefficient (Wildman–Crippen LogP) is 4.79. The van der Waals surface area contributed by atoms with Gasteiger partial charge in [0.1, 0.15) is 17.2 Å². The molecule has 0 saturated heterocycles. The second kappa shape index (κ2) is 5.74. The van der Waals surface area contributed by atoms with E-state index in [2.05, 4.69) is 9.72 Å². The van der Waals surface area contributed by atoms with Crippen LogP contribution in [0, 0.1) is 0 Å². The van der Waals surface area contributed by atoms with Gasteiger partial charge >= 0.3 is 12.5 Å². The van der Waals surface area contributed by atoms with Crippen LogP contribution in [0.2, 0.25) is 0 Å². The van der Waals surface area contributed by atoms with Gasteiger partial charge < -0.3 is 9.47 Å². The summed E-state index contributed by atoms with van der Waals surface area (Å²) >= 11 is 0. The lowest BCUT2D eigenvalue weighted by Gasteiger charge is -2.10. The molecule has 9 heteroatoms. The Morgan fingerprint density at radius 1 is 0.773 bits per heavy atom. The molecule has 0 bridgehead atoms. The average molecular weight is 323 g/mol. The van der Waals surface area contributed by atoms with Crippen LogP contribution < -0.4 is 9.47 Å². The molecule has 0 N–H and O–H groups in total. The first kappa shape index (κ1) is 15.9. The molecule has 22 heavy (non-hydrogen) atoms. The van der Waals surface area contributed by atoms with Crippen molar-refractivity contribution in [3.63, 3.8) is 0 Å². The van der Waals surface area contributed by atoms with E-state index in [0.29, 0.717) is 0 Å². The average Bonchev–Trinajstić information content (AvgIpc) is 2.39. The third-order valence-corrected chi connectivity index (χ3v) is 2.29. The standard InChI is InChI=1S/C13H7F6NO2/c14-12(15,16)10-2-1-3-11(20-10)21-8-4-6-9(7-5-8)22-13(17,18)19/h1-7H. The predicted molar refractivity (Wildman–Crippen MR) is 62.4 cm³/mol. The fourth-order valence-corrected chi connectivity index (χ4v) is 1.46. The van der Waals surface area contributed by atoms with Crippen LogP contribution in [0.15, 0.2) is 42.5 Å². The summed E-state index contributed by atoms with van der Waals surface area (Å²) in [6.07, 6.45) is -9.45. The normalized spacial score (nSPS) is 12.1. The minimum Gasteiger partial charge on any atom is -0.439 e. The van der Waals surface area contributed by atoms with Gasteiger partial charge in [0, 0.05) is 6.07 Å². The van der Waals surface area contributed by atoms with Crippen molar-refractivity contribution in [1.82, 2.24) is 4.98 Å². The van der Waals surface area contributed by atoms with Gasteiger partial charge in [-0.3, -0.25) is 0 Å². The Balaban J connectivity index is 2.11. The molecule has 118 valence electrons. The fraction of sp³-hybridized carbons (Fsp3) is 0.154. The molecule has 0 unspecified atom stereocenters. The summed E-state index contributed by atoms with van der Waals surface area (Å²) in [5.74, 6) is -0.794. The van der Waals surface area contributed by atoms with Gasteiger partial charge in [0.05, 0.1) is 0 Å². The second-order valence-corrected chi connectivity index (χ2v) is 3.98. The summed E-state index contributed by atoms with van der Waals surface area (Å²) in [4.78, 5) is 3.26. The lowest BCUT2D eigenvalue weighted by atomic mass is 10.3. The van der Waals surface area contributed by atoms with Crippen LogP contribution in [0.5, 0.6) is 17.4 Å². The van der Waals surface area contributed by atoms with Crippen LogP contribution in [0.3, 0.4) is 0 Å². The van der Waals surface area contributed by atoms with Crippen molar-refractivity contribution in [2.24, 2.45) is 0 Å². The third-order valence-electron chi connectivity index (χ3n) is 2.29. The van der Waals surface area contributed by atoms with Gasteiger partial charge in [0.15, 0.2) is 0 Å². The lowest BCUT2D eigenvalue weighted by Crippen LogP contribution is -2.16. The molecule has 0 aliphatic heterocycles. The monoisotopic (exact) mass is 323 g/mol. The maximum atomic E-state index is 12.5. The number of alkyl halides is 6. The van der Waals surface area contributed by atoms with Crippen LogP contribution >= 0.6 is 0 Å². The first-order valence-corrected chi connectivity index (χ1v) is 5.71. The smallest absolute Gasteiger partial charge is 0.439 e. The zero-order valence-corrected chi connectivity index (χ0v) is 10.6. The second-order valence-electron chi connectivity index (χ2n) is 3.98. The number of hydrogen-bond acceptors (Lipinski definition) is 3. The molecule has 0 spiro atoms. The first-order valence-electron chi connectivity index (χ1n) is 5.71. The molecule has 0 saturated carbocycles. The highest BCUT2D eigenvalue weighted by Crippen LogP contribution is 2.30. The van der Waals surface area contributed by atoms with Crippen LogP contribution in [-0.4, -0.2) is 11.3 Å². The van der Waals surface area contributed by atoms with Gasteiger partial charge in [0.25, 0.3) is 0 Å². The van der Waals surface area contributed by atoms with E-state index in [0.717, 1.165) is 36.4 Å². The minimum atomic E-state index is -4.83. The molecular weight excluding hydrogens is 316 g/mol. The summed E-state index contributed by atoms with van der Waals surface area (Å²) < 4.78 is 82.1. The molecular formula is C13H7F6NO2. The van der Waals surface area contributed by atoms with Crippen molar-refractivity contribution in [1.29, 1.82) is 0 Å². The summed E-state index contributed by atoms with van der Waals surface area (Å²) in [6.45, 7) is 0. The van der Waals surface area contributed by atoms with Crippen LogP contribution in [0.25, 0.3) is 0 Å². The van der Waals surface area contributed by atoms with E-state index >= 15 is 0 Å². The van der Waals surface area contributed by atoms with Gasteiger partial charge in [-0.25, -0.2) is 4.98 Å². The van der Waals surface area contributed by atoms with Gasteiger partial charge in [-0.05, 0) is 30.3 Å². The van der Waals surface area contributed by atoms with Gasteiger partial charge in [0.2, 0.25) is 5.88 Å². The zero-order chi connectivity index (χ0) is 16.4. The van der Waals surface area contributed by atoms with E-state index in [9.17, 15) is 26.3 Å². The quantitative estimate of drug-likeness (QED) is 0.761. The van der Waals surface area contributed by atoms with Crippen LogP contribution in [0.4, 0.5) is 26.3 Å². The lowest BCUT2D eigenvalue weighted by molar-refractivity contribution is -0.274. The van der Waals surface area contributed by atoms with Gasteiger partial charge in [-0.1, -0.05) is 6.07 Å². The molecule has 2 rings (SSSR count). The highest BCUT2D eigenvalue weighted by atomic mass is 19.4. The van der Waals surface area contributed by atoms with E-state index in [1.807, 2.05) is 0 Å². The fourth-order valence-electron chi connectivity index (χ4n) is 1.46. The summed E-state index contributed by atoms with van der Waals surface area (Å²) in [7, 11) is 0. The molecule has 1 aromatic carbocycles. The number of ether oxygens (including phenoxy) is 2. The van der Waals surface area contributed by atoms with Gasteiger partial charge in [-0.2, -0.15) is 13.2 Å². The van der Waals surface area contributed by atoms with Crippen LogP contribution in [-0.2, 0) is 6.18 Å². The number of nitrogens with zero attached hydrogens (tertiary/aromatic N) is 1. The van der Waals surface area contributed by atoms with Crippen molar-refractivity contribution in [3.05, 3.63) is 48.2 Å². The summed E-state index contributed by atoms with van der Waals surface area (Å²) in [6, 6.07) is 7.23. The Labute approximate surface area is 120 Å². The van der Waals surface area contributed by atoms with Crippen molar-refractivity contribution < 1.29 is 35.8 Å². The molecule has 0 aliphatic carbocycles. The van der Waals surface area contributed by atoms with E-state index in [1.165, 1.54) is 6.07 Å². The zero-order valence-electron chi connectivity index (χ0n) is 10.6. The Hall–Kier alpha value is -2.45. The minimum absolute atomic E-state index is 0.0151. The Kier molecular flexibility index (Phi) is 4.16. The number of pyridine rings is 1. The number of halogens is 6. The SMILES string of the molecule is FC(F)(F)Oc1ccc(Oc2cccc(C(F)(F)F)n2)cc1. The number of aromatic nitrogens is 1. The Morgan fingerprint density at radius 2 is 1.36 bits per heavy atom. The van der Waals surface area contributed by atoms with Gasteiger partial charge in [-0.15, -0.1) is 13.2 Å². The molecule has 0 atom stereocenters. The molecule has 1 aromatic heterocycles. The largest absolute Gasteiger partial charge is 0.573 e. The molecule has 0 amide bonds. The maximum absolute atomic E-state index is 12.5. The van der Waals surface area contributed by atoms with E-state index in [1.54, 1.807) is 0 Å². The van der Waals surface area contributed by atoms with E-state index in [4.69, 9.17) is 4.74 Å². The van der Waals surface area contributed by atoms with Crippen LogP contribution in [0.1, 0.15) is 5.69 Å². The molecule has 0 aliphatic rings. The summed E-state index contributed by atoms with van der Waals surface area (Å²) in [5.41, 5.74) is -1.14. The highest BCUT2D eigenvalue weighted by Gasteiger charge is 2.33. The van der Waals surface area contributed by atoms with Crippen molar-refractivity contribution in [2.45, 2.75) is 12.5 Å². The molecule has 3 nitrogen and oxygen atoms in total. The van der Waals surface area contributed by atoms with Crippen molar-refractivity contribution >= 4 is 0 Å².